The third-order valence-corrected chi connectivity index (χ3v) is 4.40. The summed E-state index contributed by atoms with van der Waals surface area (Å²) in [6.07, 6.45) is 0.348. The first-order chi connectivity index (χ1) is 12.7. The molecule has 0 spiro atoms. The van der Waals surface area contributed by atoms with Gasteiger partial charge in [-0.3, -0.25) is 9.36 Å². The van der Waals surface area contributed by atoms with E-state index in [4.69, 9.17) is 4.74 Å². The van der Waals surface area contributed by atoms with Gasteiger partial charge in [-0.25, -0.2) is 4.98 Å². The SMILES string of the molecule is COCCC(=O)c1ccc2nnc3nc(C)n(-c4ccccc4)c3c2c1. The lowest BCUT2D eigenvalue weighted by atomic mass is 10.1. The van der Waals surface area contributed by atoms with Gasteiger partial charge in [-0.1, -0.05) is 18.2 Å². The van der Waals surface area contributed by atoms with E-state index in [1.165, 1.54) is 0 Å². The number of Topliss-reactive ketones (excluding diaryl/α,β-unsaturated/α-hetero) is 1. The Labute approximate surface area is 150 Å². The fraction of sp³-hybridized carbons (Fsp3) is 0.200. The van der Waals surface area contributed by atoms with Crippen molar-refractivity contribution in [3.8, 4) is 5.69 Å². The van der Waals surface area contributed by atoms with E-state index in [-0.39, 0.29) is 5.78 Å². The van der Waals surface area contributed by atoms with Crippen LogP contribution in [0.25, 0.3) is 27.8 Å². The van der Waals surface area contributed by atoms with Crippen LogP contribution in [0.2, 0.25) is 0 Å². The fourth-order valence-electron chi connectivity index (χ4n) is 3.15. The van der Waals surface area contributed by atoms with Crippen molar-refractivity contribution in [1.29, 1.82) is 0 Å². The Morgan fingerprint density at radius 1 is 1.12 bits per heavy atom. The second-order valence-corrected chi connectivity index (χ2v) is 6.10. The molecule has 0 unspecified atom stereocenters. The van der Waals surface area contributed by atoms with E-state index in [9.17, 15) is 4.79 Å². The molecule has 6 heteroatoms. The molecular weight excluding hydrogens is 328 g/mol. The summed E-state index contributed by atoms with van der Waals surface area (Å²) in [6.45, 7) is 2.34. The number of nitrogens with zero attached hydrogens (tertiary/aromatic N) is 4. The molecule has 2 aromatic carbocycles. The summed E-state index contributed by atoms with van der Waals surface area (Å²) < 4.78 is 7.07. The number of para-hydroxylation sites is 1. The Hall–Kier alpha value is -3.12. The van der Waals surface area contributed by atoms with Crippen LogP contribution < -0.4 is 0 Å². The molecule has 0 radical (unpaired) electrons. The molecule has 0 amide bonds. The molecule has 0 fully saturated rings. The largest absolute Gasteiger partial charge is 0.384 e. The number of rotatable bonds is 5. The predicted molar refractivity (Wildman–Crippen MR) is 99.7 cm³/mol. The number of methoxy groups -OCH3 is 1. The summed E-state index contributed by atoms with van der Waals surface area (Å²) in [7, 11) is 1.59. The highest BCUT2D eigenvalue weighted by molar-refractivity contribution is 6.06. The van der Waals surface area contributed by atoms with Crippen LogP contribution >= 0.6 is 0 Å². The summed E-state index contributed by atoms with van der Waals surface area (Å²) >= 11 is 0. The van der Waals surface area contributed by atoms with Gasteiger partial charge in [-0.05, 0) is 37.3 Å². The maximum Gasteiger partial charge on any atom is 0.201 e. The molecule has 6 nitrogen and oxygen atoms in total. The number of carbonyl (C=O) groups is 1. The normalized spacial score (nSPS) is 11.3. The molecule has 26 heavy (non-hydrogen) atoms. The van der Waals surface area contributed by atoms with E-state index in [1.807, 2.05) is 49.4 Å². The van der Waals surface area contributed by atoms with Crippen molar-refractivity contribution in [1.82, 2.24) is 19.7 Å². The van der Waals surface area contributed by atoms with Crippen molar-refractivity contribution in [3.05, 3.63) is 59.9 Å². The van der Waals surface area contributed by atoms with Gasteiger partial charge in [0.2, 0.25) is 5.65 Å². The van der Waals surface area contributed by atoms with E-state index >= 15 is 0 Å². The summed E-state index contributed by atoms with van der Waals surface area (Å²) in [4.78, 5) is 17.0. The highest BCUT2D eigenvalue weighted by atomic mass is 16.5. The molecule has 0 bridgehead atoms. The van der Waals surface area contributed by atoms with Gasteiger partial charge < -0.3 is 4.74 Å². The van der Waals surface area contributed by atoms with E-state index in [0.717, 1.165) is 27.9 Å². The quantitative estimate of drug-likeness (QED) is 0.517. The monoisotopic (exact) mass is 346 g/mol. The molecule has 0 aliphatic rings. The number of ketones is 1. The Kier molecular flexibility index (Phi) is 4.18. The van der Waals surface area contributed by atoms with Gasteiger partial charge in [0.05, 0.1) is 12.1 Å². The second kappa shape index (κ2) is 6.65. The lowest BCUT2D eigenvalue weighted by Gasteiger charge is -2.09. The minimum atomic E-state index is 0.0428. The number of imidazole rings is 1. The molecule has 2 aromatic heterocycles. The van der Waals surface area contributed by atoms with Crippen LogP contribution in [-0.2, 0) is 4.74 Å². The number of aromatic nitrogens is 4. The molecule has 130 valence electrons. The molecule has 0 N–H and O–H groups in total. The van der Waals surface area contributed by atoms with Gasteiger partial charge >= 0.3 is 0 Å². The van der Waals surface area contributed by atoms with Crippen LogP contribution in [0.3, 0.4) is 0 Å². The average Bonchev–Trinajstić information content (AvgIpc) is 3.02. The van der Waals surface area contributed by atoms with E-state index in [2.05, 4.69) is 19.7 Å². The fourth-order valence-corrected chi connectivity index (χ4v) is 3.15. The smallest absolute Gasteiger partial charge is 0.201 e. The maximum atomic E-state index is 12.4. The summed E-state index contributed by atoms with van der Waals surface area (Å²) in [6, 6.07) is 15.5. The molecule has 4 rings (SSSR count). The Morgan fingerprint density at radius 3 is 2.69 bits per heavy atom. The zero-order valence-corrected chi connectivity index (χ0v) is 14.6. The molecule has 0 saturated carbocycles. The predicted octanol–water partition coefficient (Wildman–Crippen LogP) is 3.50. The first-order valence-corrected chi connectivity index (χ1v) is 8.42. The minimum Gasteiger partial charge on any atom is -0.384 e. The minimum absolute atomic E-state index is 0.0428. The number of aryl methyl sites for hydroxylation is 1. The molecule has 0 aliphatic carbocycles. The van der Waals surface area contributed by atoms with Gasteiger partial charge in [0.1, 0.15) is 11.3 Å². The Morgan fingerprint density at radius 2 is 1.92 bits per heavy atom. The number of fused-ring (bicyclic) bond motifs is 3. The van der Waals surface area contributed by atoms with Crippen molar-refractivity contribution in [2.45, 2.75) is 13.3 Å². The topological polar surface area (TPSA) is 69.9 Å². The zero-order valence-electron chi connectivity index (χ0n) is 14.6. The Balaban J connectivity index is 1.97. The maximum absolute atomic E-state index is 12.4. The van der Waals surface area contributed by atoms with Gasteiger partial charge in [-0.2, -0.15) is 0 Å². The number of hydrogen-bond donors (Lipinski definition) is 0. The van der Waals surface area contributed by atoms with Crippen LogP contribution in [0.4, 0.5) is 0 Å². The Bertz CT molecular complexity index is 1100. The van der Waals surface area contributed by atoms with Crippen molar-refractivity contribution >= 4 is 27.9 Å². The van der Waals surface area contributed by atoms with Gasteiger partial charge in [0, 0.05) is 30.2 Å². The van der Waals surface area contributed by atoms with Crippen LogP contribution in [0.5, 0.6) is 0 Å². The van der Waals surface area contributed by atoms with Crippen molar-refractivity contribution < 1.29 is 9.53 Å². The number of ether oxygens (including phenoxy) is 1. The number of benzene rings is 2. The summed E-state index contributed by atoms with van der Waals surface area (Å²) in [5.41, 5.74) is 3.80. The van der Waals surface area contributed by atoms with Crippen molar-refractivity contribution in [2.24, 2.45) is 0 Å². The molecule has 0 atom stereocenters. The lowest BCUT2D eigenvalue weighted by Crippen LogP contribution is -2.04. The molecule has 0 aliphatic heterocycles. The first-order valence-electron chi connectivity index (χ1n) is 8.42. The van der Waals surface area contributed by atoms with E-state index in [0.29, 0.717) is 24.2 Å². The van der Waals surface area contributed by atoms with Gasteiger partial charge in [0.25, 0.3) is 0 Å². The zero-order chi connectivity index (χ0) is 18.1. The highest BCUT2D eigenvalue weighted by Crippen LogP contribution is 2.27. The average molecular weight is 346 g/mol. The standard InChI is InChI=1S/C20H18N4O2/c1-13-21-20-19(24(13)15-6-4-3-5-7-15)16-12-14(18(25)10-11-26-2)8-9-17(16)22-23-20/h3-9,12H,10-11H2,1-2H3. The number of carbonyl (C=O) groups excluding carboxylic acids is 1. The second-order valence-electron chi connectivity index (χ2n) is 6.10. The molecule has 0 saturated heterocycles. The third kappa shape index (κ3) is 2.74. The summed E-state index contributed by atoms with van der Waals surface area (Å²) in [5.74, 6) is 0.866. The van der Waals surface area contributed by atoms with Crippen molar-refractivity contribution in [3.63, 3.8) is 0 Å². The van der Waals surface area contributed by atoms with Crippen molar-refractivity contribution in [2.75, 3.05) is 13.7 Å². The van der Waals surface area contributed by atoms with E-state index in [1.54, 1.807) is 13.2 Å². The third-order valence-electron chi connectivity index (χ3n) is 4.40. The van der Waals surface area contributed by atoms with Crippen LogP contribution in [0.15, 0.2) is 48.5 Å². The van der Waals surface area contributed by atoms with E-state index < -0.39 is 0 Å². The number of hydrogen-bond acceptors (Lipinski definition) is 5. The van der Waals surface area contributed by atoms with Crippen LogP contribution in [0, 0.1) is 6.92 Å². The lowest BCUT2D eigenvalue weighted by molar-refractivity contribution is 0.0932. The van der Waals surface area contributed by atoms with Gasteiger partial charge in [-0.15, -0.1) is 10.2 Å². The van der Waals surface area contributed by atoms with Gasteiger partial charge in [0.15, 0.2) is 5.78 Å². The highest BCUT2D eigenvalue weighted by Gasteiger charge is 2.16. The van der Waals surface area contributed by atoms with Crippen LogP contribution in [0.1, 0.15) is 22.6 Å². The molecular formula is C20H18N4O2. The summed E-state index contributed by atoms with van der Waals surface area (Å²) in [5, 5.41) is 9.38. The first kappa shape index (κ1) is 16.4. The van der Waals surface area contributed by atoms with Crippen LogP contribution in [-0.4, -0.2) is 39.2 Å². The molecule has 4 aromatic rings. The molecule has 2 heterocycles.